The van der Waals surface area contributed by atoms with E-state index in [2.05, 4.69) is 6.92 Å². The van der Waals surface area contributed by atoms with Crippen LogP contribution in [0.4, 0.5) is 0 Å². The molecule has 0 amide bonds. The molecule has 0 N–H and O–H groups in total. The van der Waals surface area contributed by atoms with Crippen molar-refractivity contribution in [1.82, 2.24) is 0 Å². The molecule has 0 saturated carbocycles. The molecule has 0 heterocycles. The molecule has 0 unspecified atom stereocenters. The van der Waals surface area contributed by atoms with Crippen LogP contribution in [0.3, 0.4) is 0 Å². The monoisotopic (exact) mass is 228 g/mol. The van der Waals surface area contributed by atoms with Crippen molar-refractivity contribution in [2.75, 3.05) is 6.61 Å². The molecular weight excluding hydrogens is 204 g/mol. The fourth-order valence-electron chi connectivity index (χ4n) is 1.46. The molecule has 3 nitrogen and oxygen atoms in total. The minimum Gasteiger partial charge on any atom is -0.466 e. The standard InChI is InChI=1S/C13H24O3/c1-2-3-4-7-10-13(15)16-12-9-6-5-8-11-14/h11H,2-10,12H2,1H3. The van der Waals surface area contributed by atoms with Gasteiger partial charge in [0.2, 0.25) is 0 Å². The molecule has 0 fully saturated rings. The third-order valence-corrected chi connectivity index (χ3v) is 2.46. The van der Waals surface area contributed by atoms with E-state index < -0.39 is 0 Å². The van der Waals surface area contributed by atoms with Crippen molar-refractivity contribution in [2.24, 2.45) is 0 Å². The van der Waals surface area contributed by atoms with Gasteiger partial charge in [-0.15, -0.1) is 0 Å². The van der Waals surface area contributed by atoms with Gasteiger partial charge in [-0.3, -0.25) is 4.79 Å². The molecule has 0 bridgehead atoms. The Hall–Kier alpha value is -0.860. The Bertz CT molecular complexity index is 178. The van der Waals surface area contributed by atoms with Gasteiger partial charge in [0, 0.05) is 12.8 Å². The highest BCUT2D eigenvalue weighted by atomic mass is 16.5. The van der Waals surface area contributed by atoms with Crippen molar-refractivity contribution in [3.8, 4) is 0 Å². The van der Waals surface area contributed by atoms with Crippen LogP contribution in [0.5, 0.6) is 0 Å². The number of hydrogen-bond donors (Lipinski definition) is 0. The lowest BCUT2D eigenvalue weighted by molar-refractivity contribution is -0.143. The first-order valence-electron chi connectivity index (χ1n) is 6.40. The number of carbonyl (C=O) groups excluding carboxylic acids is 2. The minimum absolute atomic E-state index is 0.0773. The molecule has 0 saturated heterocycles. The number of esters is 1. The van der Waals surface area contributed by atoms with Gasteiger partial charge in [-0.1, -0.05) is 26.2 Å². The van der Waals surface area contributed by atoms with Gasteiger partial charge in [0.15, 0.2) is 0 Å². The van der Waals surface area contributed by atoms with Crippen LogP contribution in [0, 0.1) is 0 Å². The van der Waals surface area contributed by atoms with Gasteiger partial charge < -0.3 is 9.53 Å². The molecule has 0 aliphatic heterocycles. The molecule has 0 spiro atoms. The van der Waals surface area contributed by atoms with Crippen LogP contribution in [-0.2, 0) is 14.3 Å². The lowest BCUT2D eigenvalue weighted by Crippen LogP contribution is -2.05. The van der Waals surface area contributed by atoms with Gasteiger partial charge in [0.1, 0.15) is 6.29 Å². The molecule has 0 aromatic heterocycles. The summed E-state index contributed by atoms with van der Waals surface area (Å²) in [5.41, 5.74) is 0. The molecule has 16 heavy (non-hydrogen) atoms. The highest BCUT2D eigenvalue weighted by Gasteiger charge is 2.01. The molecule has 3 heteroatoms. The molecule has 0 rings (SSSR count). The Morgan fingerprint density at radius 3 is 2.50 bits per heavy atom. The Morgan fingerprint density at radius 1 is 1.06 bits per heavy atom. The number of ether oxygens (including phenoxy) is 1. The first-order valence-corrected chi connectivity index (χ1v) is 6.40. The largest absolute Gasteiger partial charge is 0.466 e. The first kappa shape index (κ1) is 15.1. The molecule has 0 aromatic rings. The molecule has 0 aromatic carbocycles. The highest BCUT2D eigenvalue weighted by Crippen LogP contribution is 2.04. The third-order valence-electron chi connectivity index (χ3n) is 2.46. The van der Waals surface area contributed by atoms with Gasteiger partial charge in [0.05, 0.1) is 6.61 Å². The van der Waals surface area contributed by atoms with E-state index in [1.807, 2.05) is 0 Å². The molecule has 0 aliphatic carbocycles. The number of rotatable bonds is 11. The summed E-state index contributed by atoms with van der Waals surface area (Å²) in [6, 6.07) is 0. The average molecular weight is 228 g/mol. The van der Waals surface area contributed by atoms with Crippen molar-refractivity contribution in [3.63, 3.8) is 0 Å². The van der Waals surface area contributed by atoms with Gasteiger partial charge in [-0.05, 0) is 25.7 Å². The van der Waals surface area contributed by atoms with Crippen LogP contribution in [0.1, 0.15) is 64.7 Å². The van der Waals surface area contributed by atoms with Gasteiger partial charge in [0.25, 0.3) is 0 Å². The smallest absolute Gasteiger partial charge is 0.305 e. The lowest BCUT2D eigenvalue weighted by atomic mass is 10.1. The van der Waals surface area contributed by atoms with E-state index in [-0.39, 0.29) is 5.97 Å². The van der Waals surface area contributed by atoms with Crippen LogP contribution in [0.15, 0.2) is 0 Å². The summed E-state index contributed by atoms with van der Waals surface area (Å²) in [4.78, 5) is 21.2. The minimum atomic E-state index is -0.0773. The summed E-state index contributed by atoms with van der Waals surface area (Å²) in [5, 5.41) is 0. The maximum atomic E-state index is 11.2. The summed E-state index contributed by atoms with van der Waals surface area (Å²) in [6.45, 7) is 2.66. The van der Waals surface area contributed by atoms with E-state index in [0.717, 1.165) is 38.4 Å². The second-order valence-corrected chi connectivity index (χ2v) is 4.05. The second kappa shape index (κ2) is 12.2. The van der Waals surface area contributed by atoms with E-state index in [9.17, 15) is 9.59 Å². The molecule has 0 atom stereocenters. The Balaban J connectivity index is 3.14. The van der Waals surface area contributed by atoms with Crippen LogP contribution in [0.2, 0.25) is 0 Å². The molecular formula is C13H24O3. The first-order chi connectivity index (χ1) is 7.81. The Morgan fingerprint density at radius 2 is 1.81 bits per heavy atom. The predicted molar refractivity (Wildman–Crippen MR) is 64.3 cm³/mol. The fraction of sp³-hybridized carbons (Fsp3) is 0.846. The number of hydrogen-bond acceptors (Lipinski definition) is 3. The Labute approximate surface area is 98.6 Å². The second-order valence-electron chi connectivity index (χ2n) is 4.05. The van der Waals surface area contributed by atoms with E-state index in [4.69, 9.17) is 4.74 Å². The summed E-state index contributed by atoms with van der Waals surface area (Å²) in [6.07, 6.45) is 9.26. The lowest BCUT2D eigenvalue weighted by Gasteiger charge is -2.04. The quantitative estimate of drug-likeness (QED) is 0.310. The summed E-state index contributed by atoms with van der Waals surface area (Å²) in [5.74, 6) is -0.0773. The predicted octanol–water partition coefficient (Wildman–Crippen LogP) is 3.26. The SMILES string of the molecule is CCCCCCC(=O)OCCCCCC=O. The summed E-state index contributed by atoms with van der Waals surface area (Å²) in [7, 11) is 0. The maximum Gasteiger partial charge on any atom is 0.305 e. The third kappa shape index (κ3) is 11.2. The average Bonchev–Trinajstić information content (AvgIpc) is 2.29. The summed E-state index contributed by atoms with van der Waals surface area (Å²) >= 11 is 0. The Kier molecular flexibility index (Phi) is 11.6. The van der Waals surface area contributed by atoms with Crippen LogP contribution >= 0.6 is 0 Å². The zero-order chi connectivity index (χ0) is 12.1. The van der Waals surface area contributed by atoms with E-state index in [1.165, 1.54) is 12.8 Å². The molecule has 0 aliphatic rings. The van der Waals surface area contributed by atoms with Crippen LogP contribution in [0.25, 0.3) is 0 Å². The number of aldehydes is 1. The maximum absolute atomic E-state index is 11.2. The van der Waals surface area contributed by atoms with Crippen LogP contribution < -0.4 is 0 Å². The van der Waals surface area contributed by atoms with Crippen molar-refractivity contribution in [3.05, 3.63) is 0 Å². The van der Waals surface area contributed by atoms with E-state index in [0.29, 0.717) is 19.4 Å². The zero-order valence-corrected chi connectivity index (χ0v) is 10.4. The van der Waals surface area contributed by atoms with E-state index >= 15 is 0 Å². The fourth-order valence-corrected chi connectivity index (χ4v) is 1.46. The van der Waals surface area contributed by atoms with Crippen LogP contribution in [-0.4, -0.2) is 18.9 Å². The zero-order valence-electron chi connectivity index (χ0n) is 10.4. The topological polar surface area (TPSA) is 43.4 Å². The van der Waals surface area contributed by atoms with Crippen molar-refractivity contribution in [2.45, 2.75) is 64.7 Å². The molecule has 94 valence electrons. The van der Waals surface area contributed by atoms with Crippen molar-refractivity contribution in [1.29, 1.82) is 0 Å². The normalized spacial score (nSPS) is 10.1. The van der Waals surface area contributed by atoms with Gasteiger partial charge in [-0.2, -0.15) is 0 Å². The van der Waals surface area contributed by atoms with Crippen molar-refractivity contribution >= 4 is 12.3 Å². The highest BCUT2D eigenvalue weighted by molar-refractivity contribution is 5.69. The van der Waals surface area contributed by atoms with E-state index in [1.54, 1.807) is 0 Å². The number of unbranched alkanes of at least 4 members (excludes halogenated alkanes) is 6. The van der Waals surface area contributed by atoms with Gasteiger partial charge in [-0.25, -0.2) is 0 Å². The van der Waals surface area contributed by atoms with Crippen molar-refractivity contribution < 1.29 is 14.3 Å². The molecule has 0 radical (unpaired) electrons. The van der Waals surface area contributed by atoms with Gasteiger partial charge >= 0.3 is 5.97 Å². The summed E-state index contributed by atoms with van der Waals surface area (Å²) < 4.78 is 5.08. The number of carbonyl (C=O) groups is 2.